The Labute approximate surface area is 129 Å². The van der Waals surface area contributed by atoms with E-state index in [1.165, 1.54) is 23.4 Å². The average molecular weight is 302 g/mol. The summed E-state index contributed by atoms with van der Waals surface area (Å²) in [5.74, 6) is 1.26. The smallest absolute Gasteiger partial charge is 0.328 e. The summed E-state index contributed by atoms with van der Waals surface area (Å²) in [6, 6.07) is 1.53. The number of hydrogen-bond acceptors (Lipinski definition) is 3. The molecule has 0 saturated carbocycles. The maximum atomic E-state index is 12.0. The molecule has 3 rings (SSSR count). The van der Waals surface area contributed by atoms with Crippen molar-refractivity contribution in [3.05, 3.63) is 50.3 Å². The molecule has 0 bridgehead atoms. The molecule has 2 heterocycles. The Hall–Kier alpha value is -2.11. The maximum Gasteiger partial charge on any atom is 0.330 e. The monoisotopic (exact) mass is 302 g/mol. The van der Waals surface area contributed by atoms with Gasteiger partial charge in [0.15, 0.2) is 0 Å². The summed E-state index contributed by atoms with van der Waals surface area (Å²) in [4.78, 5) is 28.4. The molecule has 6 heteroatoms. The SMILES string of the molecule is CC1Cc2ncn(Cc3cc(=O)n(C)c(=O)n3C)c2CC1C. The first-order chi connectivity index (χ1) is 10.4. The second kappa shape index (κ2) is 5.26. The van der Waals surface area contributed by atoms with Gasteiger partial charge in [0.05, 0.1) is 18.6 Å². The van der Waals surface area contributed by atoms with Crippen LogP contribution in [0.15, 0.2) is 22.0 Å². The first-order valence-corrected chi connectivity index (χ1v) is 7.67. The minimum atomic E-state index is -0.293. The third kappa shape index (κ3) is 2.32. The summed E-state index contributed by atoms with van der Waals surface area (Å²) in [6.45, 7) is 5.03. The second-order valence-electron chi connectivity index (χ2n) is 6.50. The van der Waals surface area contributed by atoms with Crippen molar-refractivity contribution in [3.8, 4) is 0 Å². The molecule has 22 heavy (non-hydrogen) atoms. The minimum absolute atomic E-state index is 0.269. The van der Waals surface area contributed by atoms with Gasteiger partial charge in [0.1, 0.15) is 0 Å². The van der Waals surface area contributed by atoms with Crippen molar-refractivity contribution in [1.82, 2.24) is 18.7 Å². The number of hydrogen-bond donors (Lipinski definition) is 0. The molecular weight excluding hydrogens is 280 g/mol. The Bertz CT molecular complexity index is 828. The summed E-state index contributed by atoms with van der Waals surface area (Å²) < 4.78 is 4.73. The van der Waals surface area contributed by atoms with Crippen molar-refractivity contribution in [2.24, 2.45) is 25.9 Å². The quantitative estimate of drug-likeness (QED) is 0.820. The zero-order valence-electron chi connectivity index (χ0n) is 13.5. The number of fused-ring (bicyclic) bond motifs is 1. The fourth-order valence-corrected chi connectivity index (χ4v) is 3.11. The zero-order chi connectivity index (χ0) is 16.0. The summed E-state index contributed by atoms with van der Waals surface area (Å²) in [5, 5.41) is 0. The van der Waals surface area contributed by atoms with Gasteiger partial charge in [0.2, 0.25) is 0 Å². The summed E-state index contributed by atoms with van der Waals surface area (Å²) in [7, 11) is 3.20. The normalized spacial score (nSPS) is 20.9. The van der Waals surface area contributed by atoms with Crippen molar-refractivity contribution < 1.29 is 0 Å². The van der Waals surface area contributed by atoms with Gasteiger partial charge in [-0.05, 0) is 24.7 Å². The van der Waals surface area contributed by atoms with E-state index >= 15 is 0 Å². The van der Waals surface area contributed by atoms with E-state index in [4.69, 9.17) is 0 Å². The number of rotatable bonds is 2. The third-order valence-corrected chi connectivity index (χ3v) is 4.99. The van der Waals surface area contributed by atoms with E-state index in [9.17, 15) is 9.59 Å². The van der Waals surface area contributed by atoms with Crippen LogP contribution in [0.1, 0.15) is 30.9 Å². The van der Waals surface area contributed by atoms with Crippen LogP contribution in [0.5, 0.6) is 0 Å². The van der Waals surface area contributed by atoms with Gasteiger partial charge >= 0.3 is 5.69 Å². The molecular formula is C16H22N4O2. The van der Waals surface area contributed by atoms with Gasteiger partial charge in [-0.2, -0.15) is 0 Å². The molecule has 2 aromatic rings. The van der Waals surface area contributed by atoms with Gasteiger partial charge < -0.3 is 4.57 Å². The van der Waals surface area contributed by atoms with Gasteiger partial charge in [-0.15, -0.1) is 0 Å². The first kappa shape index (κ1) is 14.8. The fourth-order valence-electron chi connectivity index (χ4n) is 3.11. The highest BCUT2D eigenvalue weighted by Crippen LogP contribution is 2.29. The first-order valence-electron chi connectivity index (χ1n) is 7.67. The highest BCUT2D eigenvalue weighted by Gasteiger charge is 2.25. The lowest BCUT2D eigenvalue weighted by molar-refractivity contribution is 0.349. The molecule has 0 saturated heterocycles. The van der Waals surface area contributed by atoms with E-state index in [0.717, 1.165) is 23.1 Å². The van der Waals surface area contributed by atoms with E-state index in [0.29, 0.717) is 24.1 Å². The highest BCUT2D eigenvalue weighted by atomic mass is 16.2. The lowest BCUT2D eigenvalue weighted by atomic mass is 9.82. The summed E-state index contributed by atoms with van der Waals surface area (Å²) in [6.07, 6.45) is 3.83. The topological polar surface area (TPSA) is 61.8 Å². The lowest BCUT2D eigenvalue weighted by Gasteiger charge is -2.26. The molecule has 0 aromatic carbocycles. The molecule has 0 spiro atoms. The largest absolute Gasteiger partial charge is 0.330 e. The second-order valence-corrected chi connectivity index (χ2v) is 6.50. The van der Waals surface area contributed by atoms with E-state index in [2.05, 4.69) is 23.4 Å². The van der Waals surface area contributed by atoms with Crippen LogP contribution in [0.25, 0.3) is 0 Å². The van der Waals surface area contributed by atoms with Crippen molar-refractivity contribution in [1.29, 1.82) is 0 Å². The Morgan fingerprint density at radius 1 is 1.14 bits per heavy atom. The van der Waals surface area contributed by atoms with Gasteiger partial charge in [0.25, 0.3) is 5.56 Å². The van der Waals surface area contributed by atoms with Crippen LogP contribution >= 0.6 is 0 Å². The average Bonchev–Trinajstić information content (AvgIpc) is 2.85. The predicted octanol–water partition coefficient (Wildman–Crippen LogP) is 0.700. The number of imidazole rings is 1. The Morgan fingerprint density at radius 2 is 1.82 bits per heavy atom. The van der Waals surface area contributed by atoms with Gasteiger partial charge in [-0.1, -0.05) is 13.8 Å². The molecule has 0 amide bonds. The Kier molecular flexibility index (Phi) is 3.54. The minimum Gasteiger partial charge on any atom is -0.328 e. The van der Waals surface area contributed by atoms with E-state index < -0.39 is 0 Å². The van der Waals surface area contributed by atoms with Crippen LogP contribution in [-0.4, -0.2) is 18.7 Å². The molecule has 0 radical (unpaired) electrons. The maximum absolute atomic E-state index is 12.0. The third-order valence-electron chi connectivity index (χ3n) is 4.99. The van der Waals surface area contributed by atoms with Gasteiger partial charge in [-0.3, -0.25) is 13.9 Å². The van der Waals surface area contributed by atoms with Gasteiger partial charge in [0, 0.05) is 31.5 Å². The zero-order valence-corrected chi connectivity index (χ0v) is 13.5. The van der Waals surface area contributed by atoms with Crippen LogP contribution in [-0.2, 0) is 33.5 Å². The standard InChI is InChI=1S/C16H22N4O2/c1-10-5-13-14(6-11(10)2)20(9-17-13)8-12-7-15(21)19(4)16(22)18(12)3/h7,9-11H,5-6,8H2,1-4H3. The number of aromatic nitrogens is 4. The number of nitrogens with zero attached hydrogens (tertiary/aromatic N) is 4. The van der Waals surface area contributed by atoms with Crippen molar-refractivity contribution >= 4 is 0 Å². The Balaban J connectivity index is 2.00. The molecule has 0 fully saturated rings. The van der Waals surface area contributed by atoms with Gasteiger partial charge in [-0.25, -0.2) is 9.78 Å². The predicted molar refractivity (Wildman–Crippen MR) is 84.0 cm³/mol. The molecule has 6 nitrogen and oxygen atoms in total. The van der Waals surface area contributed by atoms with Crippen molar-refractivity contribution in [3.63, 3.8) is 0 Å². The van der Waals surface area contributed by atoms with Crippen LogP contribution in [0.3, 0.4) is 0 Å². The van der Waals surface area contributed by atoms with Crippen LogP contribution < -0.4 is 11.2 Å². The molecule has 2 aromatic heterocycles. The highest BCUT2D eigenvalue weighted by molar-refractivity contribution is 5.20. The van der Waals surface area contributed by atoms with E-state index in [-0.39, 0.29) is 11.2 Å². The summed E-state index contributed by atoms with van der Waals surface area (Å²) in [5.41, 5.74) is 2.53. The molecule has 1 aliphatic rings. The fraction of sp³-hybridized carbons (Fsp3) is 0.562. The molecule has 118 valence electrons. The Morgan fingerprint density at radius 3 is 2.55 bits per heavy atom. The summed E-state index contributed by atoms with van der Waals surface area (Å²) >= 11 is 0. The molecule has 0 aliphatic heterocycles. The van der Waals surface area contributed by atoms with E-state index in [1.54, 1.807) is 7.05 Å². The van der Waals surface area contributed by atoms with Crippen LogP contribution in [0.4, 0.5) is 0 Å². The molecule has 2 atom stereocenters. The van der Waals surface area contributed by atoms with Crippen molar-refractivity contribution in [2.75, 3.05) is 0 Å². The lowest BCUT2D eigenvalue weighted by Crippen LogP contribution is -2.38. The molecule has 1 aliphatic carbocycles. The van der Waals surface area contributed by atoms with Crippen LogP contribution in [0, 0.1) is 11.8 Å². The van der Waals surface area contributed by atoms with Crippen LogP contribution in [0.2, 0.25) is 0 Å². The van der Waals surface area contributed by atoms with Crippen molar-refractivity contribution in [2.45, 2.75) is 33.2 Å². The molecule has 2 unspecified atom stereocenters. The van der Waals surface area contributed by atoms with E-state index in [1.807, 2.05) is 6.33 Å². The molecule has 0 N–H and O–H groups in total.